The molecule has 0 radical (unpaired) electrons. The summed E-state index contributed by atoms with van der Waals surface area (Å²) >= 11 is 0. The Bertz CT molecular complexity index is 283. The van der Waals surface area contributed by atoms with Gasteiger partial charge in [0.15, 0.2) is 5.76 Å². The van der Waals surface area contributed by atoms with Gasteiger partial charge in [-0.3, -0.25) is 4.79 Å². The van der Waals surface area contributed by atoms with Crippen LogP contribution in [0.2, 0.25) is 0 Å². The third-order valence-corrected chi connectivity index (χ3v) is 1.77. The zero-order chi connectivity index (χ0) is 9.14. The lowest BCUT2D eigenvalue weighted by Crippen LogP contribution is -2.25. The number of carbonyl (C=O) groups is 1. The van der Waals surface area contributed by atoms with Crippen LogP contribution in [0.3, 0.4) is 0 Å². The molecule has 0 atom stereocenters. The predicted molar refractivity (Wildman–Crippen MR) is 53.3 cm³/mol. The minimum absolute atomic E-state index is 0. The van der Waals surface area contributed by atoms with Crippen molar-refractivity contribution in [1.82, 2.24) is 4.90 Å². The monoisotopic (exact) mass is 203 g/mol. The van der Waals surface area contributed by atoms with Crippen LogP contribution in [0.1, 0.15) is 23.2 Å². The minimum atomic E-state index is -0.0643. The van der Waals surface area contributed by atoms with Crippen LogP contribution in [-0.4, -0.2) is 24.4 Å². The molecule has 0 aliphatic rings. The summed E-state index contributed by atoms with van der Waals surface area (Å²) in [5.74, 6) is 1.12. The van der Waals surface area contributed by atoms with Crippen LogP contribution in [0.15, 0.2) is 16.5 Å². The van der Waals surface area contributed by atoms with E-state index in [1.165, 1.54) is 0 Å². The molecule has 0 saturated carbocycles. The van der Waals surface area contributed by atoms with Crippen molar-refractivity contribution in [3.63, 3.8) is 0 Å². The number of hydrogen-bond acceptors (Lipinski definition) is 2. The Morgan fingerprint density at radius 1 is 1.54 bits per heavy atom. The van der Waals surface area contributed by atoms with E-state index in [4.69, 9.17) is 4.42 Å². The maximum atomic E-state index is 11.4. The van der Waals surface area contributed by atoms with Crippen molar-refractivity contribution in [3.8, 4) is 0 Å². The molecule has 1 aromatic heterocycles. The number of aryl methyl sites for hydroxylation is 1. The largest absolute Gasteiger partial charge is 0.456 e. The van der Waals surface area contributed by atoms with Gasteiger partial charge in [-0.15, -0.1) is 12.4 Å². The molecule has 3 nitrogen and oxygen atoms in total. The van der Waals surface area contributed by atoms with E-state index >= 15 is 0 Å². The maximum absolute atomic E-state index is 11.4. The highest BCUT2D eigenvalue weighted by molar-refractivity contribution is 5.91. The number of hydrogen-bond donors (Lipinski definition) is 0. The topological polar surface area (TPSA) is 33.5 Å². The quantitative estimate of drug-likeness (QED) is 0.738. The summed E-state index contributed by atoms with van der Waals surface area (Å²) in [6.45, 7) is 4.44. The van der Waals surface area contributed by atoms with E-state index in [0.29, 0.717) is 12.3 Å². The fourth-order valence-electron chi connectivity index (χ4n) is 0.881. The lowest BCUT2D eigenvalue weighted by Gasteiger charge is -2.11. The van der Waals surface area contributed by atoms with Gasteiger partial charge >= 0.3 is 0 Å². The Hall–Kier alpha value is -0.960. The summed E-state index contributed by atoms with van der Waals surface area (Å²) in [5.41, 5.74) is 0. The van der Waals surface area contributed by atoms with Crippen LogP contribution in [0.5, 0.6) is 0 Å². The molecule has 1 aromatic rings. The molecule has 0 aliphatic heterocycles. The van der Waals surface area contributed by atoms with E-state index in [9.17, 15) is 4.79 Å². The van der Waals surface area contributed by atoms with E-state index in [0.717, 1.165) is 5.76 Å². The Labute approximate surface area is 84.1 Å². The first-order valence-electron chi connectivity index (χ1n) is 3.97. The highest BCUT2D eigenvalue weighted by atomic mass is 35.5. The number of carbonyl (C=O) groups excluding carboxylic acids is 1. The summed E-state index contributed by atoms with van der Waals surface area (Å²) in [6, 6.07) is 3.49. The lowest BCUT2D eigenvalue weighted by atomic mass is 10.4. The van der Waals surface area contributed by atoms with Gasteiger partial charge in [-0.05, 0) is 26.0 Å². The fraction of sp³-hybridized carbons (Fsp3) is 0.444. The van der Waals surface area contributed by atoms with Crippen LogP contribution in [0.4, 0.5) is 0 Å². The van der Waals surface area contributed by atoms with E-state index in [-0.39, 0.29) is 18.3 Å². The average molecular weight is 204 g/mol. The van der Waals surface area contributed by atoms with Gasteiger partial charge in [-0.25, -0.2) is 0 Å². The van der Waals surface area contributed by atoms with Crippen molar-refractivity contribution in [2.75, 3.05) is 13.6 Å². The van der Waals surface area contributed by atoms with Crippen LogP contribution >= 0.6 is 12.4 Å². The molecule has 0 bridgehead atoms. The molecule has 4 heteroatoms. The van der Waals surface area contributed by atoms with Gasteiger partial charge in [0.05, 0.1) is 0 Å². The first-order chi connectivity index (χ1) is 5.65. The van der Waals surface area contributed by atoms with Gasteiger partial charge in [0.25, 0.3) is 5.91 Å². The molecular formula is C9H14ClNO2. The molecule has 0 fully saturated rings. The standard InChI is InChI=1S/C9H13NO2.ClH/c1-4-10(3)9(11)8-6-5-7(2)12-8;/h5-6H,4H2,1-3H3;1H. The van der Waals surface area contributed by atoms with Gasteiger partial charge in [-0.2, -0.15) is 0 Å². The molecule has 0 aliphatic carbocycles. The summed E-state index contributed by atoms with van der Waals surface area (Å²) in [5, 5.41) is 0. The van der Waals surface area contributed by atoms with Crippen LogP contribution < -0.4 is 0 Å². The van der Waals surface area contributed by atoms with Gasteiger partial charge in [0.2, 0.25) is 0 Å². The summed E-state index contributed by atoms with van der Waals surface area (Å²) < 4.78 is 5.18. The fourth-order valence-corrected chi connectivity index (χ4v) is 0.881. The molecular weight excluding hydrogens is 190 g/mol. The Morgan fingerprint density at radius 3 is 2.54 bits per heavy atom. The minimum Gasteiger partial charge on any atom is -0.456 e. The van der Waals surface area contributed by atoms with Gasteiger partial charge in [0.1, 0.15) is 5.76 Å². The van der Waals surface area contributed by atoms with Crippen LogP contribution in [-0.2, 0) is 0 Å². The maximum Gasteiger partial charge on any atom is 0.289 e. The summed E-state index contributed by atoms with van der Waals surface area (Å²) in [7, 11) is 1.75. The van der Waals surface area contributed by atoms with E-state index in [1.807, 2.05) is 13.8 Å². The molecule has 1 rings (SSSR count). The van der Waals surface area contributed by atoms with Crippen molar-refractivity contribution in [2.24, 2.45) is 0 Å². The second-order valence-electron chi connectivity index (χ2n) is 2.73. The highest BCUT2D eigenvalue weighted by Crippen LogP contribution is 2.08. The van der Waals surface area contributed by atoms with Crippen molar-refractivity contribution < 1.29 is 9.21 Å². The van der Waals surface area contributed by atoms with Crippen molar-refractivity contribution >= 4 is 18.3 Å². The second kappa shape index (κ2) is 4.92. The van der Waals surface area contributed by atoms with Gasteiger partial charge in [0, 0.05) is 13.6 Å². The van der Waals surface area contributed by atoms with E-state index in [2.05, 4.69) is 0 Å². The normalized spacial score (nSPS) is 9.15. The number of amides is 1. The molecule has 74 valence electrons. The second-order valence-corrected chi connectivity index (χ2v) is 2.73. The van der Waals surface area contributed by atoms with Crippen molar-refractivity contribution in [1.29, 1.82) is 0 Å². The molecule has 0 unspecified atom stereocenters. The molecule has 0 aromatic carbocycles. The molecule has 0 N–H and O–H groups in total. The molecule has 13 heavy (non-hydrogen) atoms. The molecule has 1 amide bonds. The third kappa shape index (κ3) is 2.77. The van der Waals surface area contributed by atoms with Crippen LogP contribution in [0, 0.1) is 6.92 Å². The third-order valence-electron chi connectivity index (χ3n) is 1.77. The molecule has 0 spiro atoms. The van der Waals surface area contributed by atoms with Gasteiger partial charge < -0.3 is 9.32 Å². The summed E-state index contributed by atoms with van der Waals surface area (Å²) in [4.78, 5) is 13.0. The van der Waals surface area contributed by atoms with E-state index < -0.39 is 0 Å². The molecule has 0 saturated heterocycles. The highest BCUT2D eigenvalue weighted by Gasteiger charge is 2.12. The number of halogens is 1. The number of furan rings is 1. The zero-order valence-electron chi connectivity index (χ0n) is 8.03. The smallest absolute Gasteiger partial charge is 0.289 e. The van der Waals surface area contributed by atoms with Crippen LogP contribution in [0.25, 0.3) is 0 Å². The van der Waals surface area contributed by atoms with Gasteiger partial charge in [-0.1, -0.05) is 0 Å². The Kier molecular flexibility index (Phi) is 4.56. The zero-order valence-corrected chi connectivity index (χ0v) is 8.85. The summed E-state index contributed by atoms with van der Waals surface area (Å²) in [6.07, 6.45) is 0. The Balaban J connectivity index is 0.00000144. The molecule has 1 heterocycles. The lowest BCUT2D eigenvalue weighted by molar-refractivity contribution is 0.0769. The van der Waals surface area contributed by atoms with Crippen molar-refractivity contribution in [2.45, 2.75) is 13.8 Å². The SMILES string of the molecule is CCN(C)C(=O)c1ccc(C)o1.Cl. The first-order valence-corrected chi connectivity index (χ1v) is 3.97. The average Bonchev–Trinajstić information content (AvgIpc) is 2.49. The predicted octanol–water partition coefficient (Wildman–Crippen LogP) is 2.10. The number of rotatable bonds is 2. The number of nitrogens with zero attached hydrogens (tertiary/aromatic N) is 1. The first kappa shape index (κ1) is 12.0. The van der Waals surface area contributed by atoms with E-state index in [1.54, 1.807) is 24.1 Å². The van der Waals surface area contributed by atoms with Crippen molar-refractivity contribution in [3.05, 3.63) is 23.7 Å². The Morgan fingerprint density at radius 2 is 2.15 bits per heavy atom.